The maximum Gasteiger partial charge on any atom is 0.134 e. The third-order valence-electron chi connectivity index (χ3n) is 3.79. The van der Waals surface area contributed by atoms with Crippen molar-refractivity contribution in [2.24, 2.45) is 0 Å². The fourth-order valence-corrected chi connectivity index (χ4v) is 3.20. The van der Waals surface area contributed by atoms with Gasteiger partial charge in [0.1, 0.15) is 17.2 Å². The van der Waals surface area contributed by atoms with Gasteiger partial charge in [-0.3, -0.25) is 0 Å². The van der Waals surface area contributed by atoms with E-state index in [-0.39, 0.29) is 17.1 Å². The number of hydrogen-bond donors (Lipinski definition) is 0. The summed E-state index contributed by atoms with van der Waals surface area (Å²) in [6, 6.07) is 6.58. The van der Waals surface area contributed by atoms with Crippen molar-refractivity contribution in [3.63, 3.8) is 0 Å². The van der Waals surface area contributed by atoms with Gasteiger partial charge in [0.2, 0.25) is 0 Å². The molecule has 3 rings (SSSR count). The smallest absolute Gasteiger partial charge is 0.134 e. The van der Waals surface area contributed by atoms with E-state index in [9.17, 15) is 4.39 Å². The molecule has 1 aliphatic rings. The van der Waals surface area contributed by atoms with E-state index < -0.39 is 0 Å². The molecule has 1 fully saturated rings. The van der Waals surface area contributed by atoms with Gasteiger partial charge >= 0.3 is 0 Å². The van der Waals surface area contributed by atoms with Gasteiger partial charge in [0.25, 0.3) is 0 Å². The fraction of sp³-hybridized carbons (Fsp3) is 0.467. The van der Waals surface area contributed by atoms with Crippen LogP contribution in [0, 0.1) is 5.82 Å². The van der Waals surface area contributed by atoms with Crippen LogP contribution in [0.5, 0.6) is 0 Å². The highest BCUT2D eigenvalue weighted by atomic mass is 35.5. The van der Waals surface area contributed by atoms with E-state index in [1.165, 1.54) is 31.4 Å². The third kappa shape index (κ3) is 2.26. The molecule has 0 aliphatic heterocycles. The first-order chi connectivity index (χ1) is 8.74. The topological polar surface area (TPSA) is 13.1 Å². The van der Waals surface area contributed by atoms with Crippen molar-refractivity contribution in [3.05, 3.63) is 35.8 Å². The summed E-state index contributed by atoms with van der Waals surface area (Å²) in [5, 5.41) is 0.969. The van der Waals surface area contributed by atoms with Crippen LogP contribution in [-0.4, -0.2) is 5.38 Å². The van der Waals surface area contributed by atoms with E-state index in [0.29, 0.717) is 0 Å². The zero-order valence-electron chi connectivity index (χ0n) is 10.2. The summed E-state index contributed by atoms with van der Waals surface area (Å²) >= 11 is 6.45. The Morgan fingerprint density at radius 2 is 1.94 bits per heavy atom. The zero-order chi connectivity index (χ0) is 12.5. The molecule has 96 valence electrons. The van der Waals surface area contributed by atoms with Crippen molar-refractivity contribution in [2.75, 3.05) is 0 Å². The molecular weight excluding hydrogens is 251 g/mol. The van der Waals surface area contributed by atoms with Crippen LogP contribution in [0.15, 0.2) is 28.7 Å². The van der Waals surface area contributed by atoms with Gasteiger partial charge in [-0.05, 0) is 37.1 Å². The minimum Gasteiger partial charge on any atom is -0.461 e. The Bertz CT molecular complexity index is 548. The second-order valence-electron chi connectivity index (χ2n) is 5.09. The van der Waals surface area contributed by atoms with Crippen LogP contribution in [0.2, 0.25) is 0 Å². The quantitative estimate of drug-likeness (QED) is 0.509. The molecule has 1 aromatic heterocycles. The van der Waals surface area contributed by atoms with Gasteiger partial charge < -0.3 is 4.42 Å². The lowest BCUT2D eigenvalue weighted by atomic mass is 9.97. The van der Waals surface area contributed by atoms with Crippen LogP contribution >= 0.6 is 11.6 Å². The highest BCUT2D eigenvalue weighted by Gasteiger charge is 2.26. The van der Waals surface area contributed by atoms with E-state index in [1.54, 1.807) is 6.07 Å². The molecular formula is C15H16ClFO. The molecule has 1 saturated carbocycles. The molecule has 2 atom stereocenters. The van der Waals surface area contributed by atoms with E-state index in [4.69, 9.17) is 16.0 Å². The Morgan fingerprint density at radius 3 is 2.83 bits per heavy atom. The van der Waals surface area contributed by atoms with Gasteiger partial charge in [0.15, 0.2) is 0 Å². The zero-order valence-corrected chi connectivity index (χ0v) is 10.9. The molecule has 1 aromatic carbocycles. The molecule has 0 saturated heterocycles. The van der Waals surface area contributed by atoms with Crippen LogP contribution in [0.25, 0.3) is 11.0 Å². The van der Waals surface area contributed by atoms with Gasteiger partial charge in [-0.25, -0.2) is 4.39 Å². The number of alkyl halides is 1. The maximum absolute atomic E-state index is 13.2. The normalized spacial score (nSPS) is 25.2. The highest BCUT2D eigenvalue weighted by Crippen LogP contribution is 2.37. The average Bonchev–Trinajstić information content (AvgIpc) is 2.63. The number of furan rings is 1. The van der Waals surface area contributed by atoms with Crippen LogP contribution < -0.4 is 0 Å². The maximum atomic E-state index is 13.2. The van der Waals surface area contributed by atoms with Gasteiger partial charge in [0, 0.05) is 16.7 Å². The number of fused-ring (bicyclic) bond motifs is 1. The monoisotopic (exact) mass is 266 g/mol. The Labute approximate surface area is 111 Å². The van der Waals surface area contributed by atoms with Crippen LogP contribution in [0.4, 0.5) is 4.39 Å². The summed E-state index contributed by atoms with van der Waals surface area (Å²) < 4.78 is 19.0. The van der Waals surface area contributed by atoms with Crippen LogP contribution in [0.1, 0.15) is 43.8 Å². The molecule has 18 heavy (non-hydrogen) atoms. The largest absolute Gasteiger partial charge is 0.461 e. The highest BCUT2D eigenvalue weighted by molar-refractivity contribution is 6.21. The average molecular weight is 267 g/mol. The first-order valence-corrected chi connectivity index (χ1v) is 7.01. The van der Waals surface area contributed by atoms with Gasteiger partial charge in [-0.15, -0.1) is 11.6 Å². The standard InChI is InChI=1S/C15H16ClFO/c16-13-5-3-1-2-4-12(13)15-9-10-8-11(17)6-7-14(10)18-15/h6-9,12-13H,1-5H2. The van der Waals surface area contributed by atoms with Crippen molar-refractivity contribution in [1.82, 2.24) is 0 Å². The minimum absolute atomic E-state index is 0.137. The van der Waals surface area contributed by atoms with Crippen molar-refractivity contribution in [3.8, 4) is 0 Å². The van der Waals surface area contributed by atoms with Gasteiger partial charge in [-0.2, -0.15) is 0 Å². The number of halogens is 2. The van der Waals surface area contributed by atoms with Crippen molar-refractivity contribution in [2.45, 2.75) is 43.4 Å². The molecule has 1 nitrogen and oxygen atoms in total. The lowest BCUT2D eigenvalue weighted by molar-refractivity contribution is 0.460. The van der Waals surface area contributed by atoms with Crippen molar-refractivity contribution in [1.29, 1.82) is 0 Å². The fourth-order valence-electron chi connectivity index (χ4n) is 2.80. The van der Waals surface area contributed by atoms with E-state index in [1.807, 2.05) is 6.07 Å². The molecule has 0 bridgehead atoms. The Kier molecular flexibility index (Phi) is 3.29. The molecule has 0 amide bonds. The second kappa shape index (κ2) is 4.93. The number of rotatable bonds is 1. The summed E-state index contributed by atoms with van der Waals surface area (Å²) in [4.78, 5) is 0. The molecule has 2 aromatic rings. The van der Waals surface area contributed by atoms with Crippen molar-refractivity contribution >= 4 is 22.6 Å². The minimum atomic E-state index is -0.224. The molecule has 0 N–H and O–H groups in total. The summed E-state index contributed by atoms with van der Waals surface area (Å²) in [6.07, 6.45) is 5.74. The third-order valence-corrected chi connectivity index (χ3v) is 4.32. The summed E-state index contributed by atoms with van der Waals surface area (Å²) in [5.41, 5.74) is 0.750. The summed E-state index contributed by atoms with van der Waals surface area (Å²) in [5.74, 6) is 0.959. The predicted octanol–water partition coefficient (Wildman–Crippen LogP) is 5.23. The molecule has 1 heterocycles. The Morgan fingerprint density at radius 1 is 1.11 bits per heavy atom. The first-order valence-electron chi connectivity index (χ1n) is 6.57. The molecule has 1 aliphatic carbocycles. The molecule has 3 heteroatoms. The van der Waals surface area contributed by atoms with Gasteiger partial charge in [-0.1, -0.05) is 19.3 Å². The number of hydrogen-bond acceptors (Lipinski definition) is 1. The van der Waals surface area contributed by atoms with E-state index in [0.717, 1.165) is 29.6 Å². The molecule has 2 unspecified atom stereocenters. The summed E-state index contributed by atoms with van der Waals surface area (Å²) in [7, 11) is 0. The van der Waals surface area contributed by atoms with E-state index >= 15 is 0 Å². The van der Waals surface area contributed by atoms with Crippen LogP contribution in [0.3, 0.4) is 0 Å². The van der Waals surface area contributed by atoms with E-state index in [2.05, 4.69) is 0 Å². The predicted molar refractivity (Wildman–Crippen MR) is 71.6 cm³/mol. The SMILES string of the molecule is Fc1ccc2oc(C3CCCCCC3Cl)cc2c1. The van der Waals surface area contributed by atoms with Gasteiger partial charge in [0.05, 0.1) is 0 Å². The number of benzene rings is 1. The Balaban J connectivity index is 1.97. The van der Waals surface area contributed by atoms with Crippen LogP contribution in [-0.2, 0) is 0 Å². The Hall–Kier alpha value is -1.02. The first kappa shape index (κ1) is 12.0. The molecule has 0 radical (unpaired) electrons. The summed E-state index contributed by atoms with van der Waals surface area (Å²) in [6.45, 7) is 0. The lowest BCUT2D eigenvalue weighted by Gasteiger charge is -2.16. The lowest BCUT2D eigenvalue weighted by Crippen LogP contribution is -2.10. The molecule has 0 spiro atoms. The van der Waals surface area contributed by atoms with Crippen molar-refractivity contribution < 1.29 is 8.81 Å². The second-order valence-corrected chi connectivity index (χ2v) is 5.65.